The Labute approximate surface area is 103 Å². The molecule has 0 fully saturated rings. The molecule has 90 valence electrons. The fraction of sp³-hybridized carbons (Fsp3) is 0.500. The molecule has 0 bridgehead atoms. The van der Waals surface area contributed by atoms with E-state index in [1.165, 1.54) is 0 Å². The Morgan fingerprint density at radius 1 is 1.06 bits per heavy atom. The van der Waals surface area contributed by atoms with Crippen LogP contribution in [-0.2, 0) is 0 Å². The molecular formula is C12H20N2OS. The molecule has 0 atom stereocenters. The molecule has 0 aliphatic rings. The number of nitrogens with zero attached hydrogens (tertiary/aromatic N) is 2. The molecule has 0 aromatic carbocycles. The molecule has 0 aromatic rings. The van der Waals surface area contributed by atoms with Crippen LogP contribution in [0.1, 0.15) is 26.7 Å². The first-order valence-corrected chi connectivity index (χ1v) is 5.60. The minimum absolute atomic E-state index is 0.146. The van der Waals surface area contributed by atoms with Gasteiger partial charge in [0.05, 0.1) is 18.8 Å². The summed E-state index contributed by atoms with van der Waals surface area (Å²) in [5, 5.41) is 8.95. The molecule has 0 saturated heterocycles. The quantitative estimate of drug-likeness (QED) is 0.305. The largest absolute Gasteiger partial charge is 0.513 e. The number of aliphatic hydroxyl groups excluding tert-OH is 1. The average molecular weight is 240 g/mol. The van der Waals surface area contributed by atoms with Crippen molar-refractivity contribution >= 4 is 24.1 Å². The highest BCUT2D eigenvalue weighted by Gasteiger charge is 1.94. The third kappa shape index (κ3) is 9.52. The SMILES string of the molecule is C=C(O)CC(C)=NCCN=C(C)CC(=C)S. The smallest absolute Gasteiger partial charge is 0.0906 e. The first-order valence-electron chi connectivity index (χ1n) is 5.15. The van der Waals surface area contributed by atoms with Gasteiger partial charge in [-0.05, 0) is 18.8 Å². The molecule has 0 aromatic heterocycles. The van der Waals surface area contributed by atoms with Gasteiger partial charge in [0.1, 0.15) is 0 Å². The number of aliphatic hydroxyl groups is 1. The van der Waals surface area contributed by atoms with Crippen molar-refractivity contribution in [1.29, 1.82) is 0 Å². The van der Waals surface area contributed by atoms with Crippen LogP contribution in [0.4, 0.5) is 0 Å². The summed E-state index contributed by atoms with van der Waals surface area (Å²) in [6.07, 6.45) is 1.16. The molecule has 0 radical (unpaired) electrons. The number of hydrogen-bond acceptors (Lipinski definition) is 4. The van der Waals surface area contributed by atoms with E-state index in [0.29, 0.717) is 19.5 Å². The van der Waals surface area contributed by atoms with Crippen LogP contribution < -0.4 is 0 Å². The maximum atomic E-state index is 8.95. The Morgan fingerprint density at radius 3 is 1.88 bits per heavy atom. The molecule has 0 saturated carbocycles. The van der Waals surface area contributed by atoms with Crippen molar-refractivity contribution in [2.24, 2.45) is 9.98 Å². The van der Waals surface area contributed by atoms with Crippen molar-refractivity contribution in [1.82, 2.24) is 0 Å². The lowest BCUT2D eigenvalue weighted by atomic mass is 10.3. The normalized spacial score (nSPS) is 12.7. The molecule has 0 aliphatic heterocycles. The predicted molar refractivity (Wildman–Crippen MR) is 75.1 cm³/mol. The Kier molecular flexibility index (Phi) is 7.64. The van der Waals surface area contributed by atoms with Crippen LogP contribution in [0, 0.1) is 0 Å². The Balaban J connectivity index is 3.89. The standard InChI is InChI=1S/C12H20N2OS/c1-9(7-11(3)15)13-5-6-14-10(2)8-12(4)16/h15-16H,3-8H2,1-2H3. The summed E-state index contributed by atoms with van der Waals surface area (Å²) < 4.78 is 0. The van der Waals surface area contributed by atoms with E-state index in [4.69, 9.17) is 5.11 Å². The first-order chi connectivity index (χ1) is 7.41. The van der Waals surface area contributed by atoms with E-state index in [2.05, 4.69) is 35.8 Å². The summed E-state index contributed by atoms with van der Waals surface area (Å²) in [6, 6.07) is 0. The van der Waals surface area contributed by atoms with Gasteiger partial charge in [-0.15, -0.1) is 12.6 Å². The van der Waals surface area contributed by atoms with Gasteiger partial charge >= 0.3 is 0 Å². The summed E-state index contributed by atoms with van der Waals surface area (Å²) in [7, 11) is 0. The number of allylic oxidation sites excluding steroid dienone is 2. The molecule has 0 spiro atoms. The van der Waals surface area contributed by atoms with Crippen LogP contribution in [0.3, 0.4) is 0 Å². The maximum Gasteiger partial charge on any atom is 0.0906 e. The molecule has 16 heavy (non-hydrogen) atoms. The Hall–Kier alpha value is -1.03. The van der Waals surface area contributed by atoms with Gasteiger partial charge in [-0.1, -0.05) is 13.2 Å². The minimum Gasteiger partial charge on any atom is -0.513 e. The molecule has 3 nitrogen and oxygen atoms in total. The second-order valence-electron chi connectivity index (χ2n) is 3.72. The van der Waals surface area contributed by atoms with Gasteiger partial charge in [-0.2, -0.15) is 0 Å². The van der Waals surface area contributed by atoms with Gasteiger partial charge in [-0.25, -0.2) is 0 Å². The number of hydrogen-bond donors (Lipinski definition) is 2. The lowest BCUT2D eigenvalue weighted by Crippen LogP contribution is -1.99. The van der Waals surface area contributed by atoms with E-state index in [-0.39, 0.29) is 5.76 Å². The number of thiol groups is 1. The molecule has 0 aliphatic carbocycles. The van der Waals surface area contributed by atoms with E-state index in [0.717, 1.165) is 22.7 Å². The third-order valence-electron chi connectivity index (χ3n) is 1.78. The van der Waals surface area contributed by atoms with Crippen molar-refractivity contribution in [3.05, 3.63) is 23.8 Å². The van der Waals surface area contributed by atoms with E-state index >= 15 is 0 Å². The fourth-order valence-electron chi connectivity index (χ4n) is 1.18. The van der Waals surface area contributed by atoms with Crippen molar-refractivity contribution in [2.75, 3.05) is 13.1 Å². The monoisotopic (exact) mass is 240 g/mol. The molecule has 0 amide bonds. The summed E-state index contributed by atoms with van der Waals surface area (Å²) in [4.78, 5) is 9.41. The summed E-state index contributed by atoms with van der Waals surface area (Å²) in [5.41, 5.74) is 1.89. The molecule has 4 heteroatoms. The van der Waals surface area contributed by atoms with E-state index < -0.39 is 0 Å². The fourth-order valence-corrected chi connectivity index (χ4v) is 1.41. The predicted octanol–water partition coefficient (Wildman–Crippen LogP) is 3.20. The molecule has 0 rings (SSSR count). The topological polar surface area (TPSA) is 45.0 Å². The third-order valence-corrected chi connectivity index (χ3v) is 1.94. The van der Waals surface area contributed by atoms with E-state index in [9.17, 15) is 0 Å². The Morgan fingerprint density at radius 2 is 1.50 bits per heavy atom. The zero-order chi connectivity index (χ0) is 12.6. The second-order valence-corrected chi connectivity index (χ2v) is 4.35. The summed E-state index contributed by atoms with van der Waals surface area (Å²) in [5.74, 6) is 0.146. The maximum absolute atomic E-state index is 8.95. The van der Waals surface area contributed by atoms with Crippen LogP contribution in [0.5, 0.6) is 0 Å². The molecule has 0 unspecified atom stereocenters. The highest BCUT2D eigenvalue weighted by atomic mass is 32.1. The lowest BCUT2D eigenvalue weighted by Gasteiger charge is -2.00. The van der Waals surface area contributed by atoms with Crippen molar-refractivity contribution < 1.29 is 5.11 Å². The Bertz CT molecular complexity index is 287. The molecule has 1 N–H and O–H groups in total. The first kappa shape index (κ1) is 15.0. The molecular weight excluding hydrogens is 220 g/mol. The van der Waals surface area contributed by atoms with E-state index in [1.807, 2.05) is 13.8 Å². The lowest BCUT2D eigenvalue weighted by molar-refractivity contribution is 0.408. The average Bonchev–Trinajstić information content (AvgIpc) is 2.10. The van der Waals surface area contributed by atoms with Crippen LogP contribution in [-0.4, -0.2) is 29.6 Å². The van der Waals surface area contributed by atoms with Gasteiger partial charge in [0, 0.05) is 24.3 Å². The number of rotatable bonds is 7. The summed E-state index contributed by atoms with van der Waals surface area (Å²) >= 11 is 4.11. The zero-order valence-electron chi connectivity index (χ0n) is 10.0. The van der Waals surface area contributed by atoms with Gasteiger partial charge < -0.3 is 5.11 Å². The van der Waals surface area contributed by atoms with Gasteiger partial charge in [0.15, 0.2) is 0 Å². The minimum atomic E-state index is 0.146. The zero-order valence-corrected chi connectivity index (χ0v) is 10.9. The van der Waals surface area contributed by atoms with Gasteiger partial charge in [-0.3, -0.25) is 9.98 Å². The van der Waals surface area contributed by atoms with Crippen molar-refractivity contribution in [3.8, 4) is 0 Å². The van der Waals surface area contributed by atoms with Crippen LogP contribution in [0.15, 0.2) is 33.8 Å². The highest BCUT2D eigenvalue weighted by molar-refractivity contribution is 7.84. The summed E-state index contributed by atoms with van der Waals surface area (Å²) in [6.45, 7) is 12.2. The van der Waals surface area contributed by atoms with Crippen LogP contribution >= 0.6 is 12.6 Å². The second kappa shape index (κ2) is 8.16. The molecule has 0 heterocycles. The van der Waals surface area contributed by atoms with Gasteiger partial charge in [0.2, 0.25) is 0 Å². The van der Waals surface area contributed by atoms with Crippen molar-refractivity contribution in [3.63, 3.8) is 0 Å². The van der Waals surface area contributed by atoms with E-state index in [1.54, 1.807) is 0 Å². The van der Waals surface area contributed by atoms with Crippen LogP contribution in [0.25, 0.3) is 0 Å². The highest BCUT2D eigenvalue weighted by Crippen LogP contribution is 2.03. The van der Waals surface area contributed by atoms with Gasteiger partial charge in [0.25, 0.3) is 0 Å². The van der Waals surface area contributed by atoms with Crippen LogP contribution in [0.2, 0.25) is 0 Å². The number of aliphatic imine (C=N–C) groups is 2. The van der Waals surface area contributed by atoms with Crippen molar-refractivity contribution in [2.45, 2.75) is 26.7 Å².